The summed E-state index contributed by atoms with van der Waals surface area (Å²) in [7, 11) is 0. The Bertz CT molecular complexity index is 1170. The molecular weight excluding hydrogens is 382 g/mol. The smallest absolute Gasteiger partial charge is 0.234 e. The fourth-order valence-corrected chi connectivity index (χ4v) is 4.25. The van der Waals surface area contributed by atoms with Crippen LogP contribution in [0.1, 0.15) is 24.4 Å². The molecular formula is C22H21N5OS. The summed E-state index contributed by atoms with van der Waals surface area (Å²) in [5.41, 5.74) is 4.11. The quantitative estimate of drug-likeness (QED) is 0.454. The summed E-state index contributed by atoms with van der Waals surface area (Å²) in [5, 5.41) is 13.8. The van der Waals surface area contributed by atoms with Crippen molar-refractivity contribution in [1.82, 2.24) is 19.7 Å². The van der Waals surface area contributed by atoms with Crippen LogP contribution in [-0.4, -0.2) is 31.4 Å². The van der Waals surface area contributed by atoms with E-state index in [0.717, 1.165) is 46.0 Å². The molecule has 0 aliphatic heterocycles. The van der Waals surface area contributed by atoms with E-state index < -0.39 is 0 Å². The zero-order chi connectivity index (χ0) is 19.8. The first-order valence-electron chi connectivity index (χ1n) is 9.70. The number of hydrogen-bond acceptors (Lipinski definition) is 4. The molecule has 2 N–H and O–H groups in total. The number of rotatable bonds is 6. The van der Waals surface area contributed by atoms with Crippen LogP contribution in [0.5, 0.6) is 0 Å². The lowest BCUT2D eigenvalue weighted by Gasteiger charge is -2.09. The lowest BCUT2D eigenvalue weighted by Crippen LogP contribution is -2.14. The molecule has 0 unspecified atom stereocenters. The SMILES string of the molecule is Cc1ccc(NC(=O)CSc2nnc(-c3c[nH]c4ccccc34)n2C2CC2)cc1. The fourth-order valence-electron chi connectivity index (χ4n) is 3.44. The van der Waals surface area contributed by atoms with Crippen molar-refractivity contribution in [2.45, 2.75) is 31.0 Å². The lowest BCUT2D eigenvalue weighted by molar-refractivity contribution is -0.113. The number of H-pyrrole nitrogens is 1. The van der Waals surface area contributed by atoms with Gasteiger partial charge in [-0.05, 0) is 38.0 Å². The normalized spacial score (nSPS) is 13.7. The molecule has 2 aromatic heterocycles. The number of aryl methyl sites for hydroxylation is 1. The first-order chi connectivity index (χ1) is 14.2. The number of aromatic amines is 1. The Hall–Kier alpha value is -3.06. The average molecular weight is 404 g/mol. The first-order valence-corrected chi connectivity index (χ1v) is 10.7. The van der Waals surface area contributed by atoms with E-state index in [1.54, 1.807) is 0 Å². The van der Waals surface area contributed by atoms with Gasteiger partial charge in [0.15, 0.2) is 11.0 Å². The molecule has 0 atom stereocenters. The number of benzene rings is 2. The Morgan fingerprint density at radius 2 is 1.97 bits per heavy atom. The van der Waals surface area contributed by atoms with Gasteiger partial charge in [-0.25, -0.2) is 0 Å². The molecule has 1 aliphatic carbocycles. The molecule has 2 aromatic carbocycles. The maximum Gasteiger partial charge on any atom is 0.234 e. The molecule has 1 saturated carbocycles. The standard InChI is InChI=1S/C22H21N5OS/c1-14-6-8-15(9-7-14)24-20(28)13-29-22-26-25-21(27(22)16-10-11-16)18-12-23-19-5-3-2-4-17(18)19/h2-9,12,16,23H,10-11,13H2,1H3,(H,24,28). The Labute approximate surface area is 172 Å². The van der Waals surface area contributed by atoms with Gasteiger partial charge >= 0.3 is 0 Å². The molecule has 1 amide bonds. The second-order valence-corrected chi connectivity index (χ2v) is 8.30. The Morgan fingerprint density at radius 1 is 1.17 bits per heavy atom. The van der Waals surface area contributed by atoms with Crippen LogP contribution in [0.3, 0.4) is 0 Å². The van der Waals surface area contributed by atoms with Crippen molar-refractivity contribution in [3.05, 3.63) is 60.3 Å². The van der Waals surface area contributed by atoms with E-state index in [9.17, 15) is 4.79 Å². The van der Waals surface area contributed by atoms with E-state index in [-0.39, 0.29) is 5.91 Å². The summed E-state index contributed by atoms with van der Waals surface area (Å²) in [4.78, 5) is 15.7. The maximum absolute atomic E-state index is 12.4. The van der Waals surface area contributed by atoms with Crippen molar-refractivity contribution in [2.75, 3.05) is 11.1 Å². The molecule has 1 aliphatic rings. The van der Waals surface area contributed by atoms with Crippen LogP contribution in [0, 0.1) is 6.92 Å². The van der Waals surface area contributed by atoms with Gasteiger partial charge in [0.1, 0.15) is 0 Å². The average Bonchev–Trinajstić information content (AvgIpc) is 3.34. The number of thioether (sulfide) groups is 1. The van der Waals surface area contributed by atoms with Crippen molar-refractivity contribution in [3.63, 3.8) is 0 Å². The number of anilines is 1. The molecule has 146 valence electrons. The topological polar surface area (TPSA) is 75.6 Å². The van der Waals surface area contributed by atoms with Gasteiger partial charge in [0, 0.05) is 34.4 Å². The summed E-state index contributed by atoms with van der Waals surface area (Å²) in [5.74, 6) is 1.12. The fraction of sp³-hybridized carbons (Fsp3) is 0.227. The van der Waals surface area contributed by atoms with Gasteiger partial charge in [0.25, 0.3) is 0 Å². The number of fused-ring (bicyclic) bond motifs is 1. The summed E-state index contributed by atoms with van der Waals surface area (Å²) < 4.78 is 2.19. The highest BCUT2D eigenvalue weighted by molar-refractivity contribution is 7.99. The molecule has 0 radical (unpaired) electrons. The molecule has 6 nitrogen and oxygen atoms in total. The van der Waals surface area contributed by atoms with E-state index in [2.05, 4.69) is 37.2 Å². The van der Waals surface area contributed by atoms with Crippen molar-refractivity contribution in [3.8, 4) is 11.4 Å². The molecule has 0 bridgehead atoms. The molecule has 5 rings (SSSR count). The van der Waals surface area contributed by atoms with Crippen LogP contribution < -0.4 is 5.32 Å². The van der Waals surface area contributed by atoms with Gasteiger partial charge in [0.05, 0.1) is 5.75 Å². The highest BCUT2D eigenvalue weighted by Gasteiger charge is 2.31. The minimum atomic E-state index is -0.0437. The number of carbonyl (C=O) groups is 1. The Kier molecular flexibility index (Phi) is 4.60. The van der Waals surface area contributed by atoms with Gasteiger partial charge in [-0.2, -0.15) is 0 Å². The van der Waals surface area contributed by atoms with Gasteiger partial charge in [-0.1, -0.05) is 47.7 Å². The number of para-hydroxylation sites is 1. The largest absolute Gasteiger partial charge is 0.360 e. The molecule has 4 aromatic rings. The monoisotopic (exact) mass is 403 g/mol. The van der Waals surface area contributed by atoms with Crippen molar-refractivity contribution in [2.24, 2.45) is 0 Å². The zero-order valence-corrected chi connectivity index (χ0v) is 16.9. The van der Waals surface area contributed by atoms with Crippen LogP contribution >= 0.6 is 11.8 Å². The second kappa shape index (κ2) is 7.40. The summed E-state index contributed by atoms with van der Waals surface area (Å²) in [6.07, 6.45) is 4.24. The van der Waals surface area contributed by atoms with Crippen molar-refractivity contribution >= 4 is 34.3 Å². The van der Waals surface area contributed by atoms with Crippen LogP contribution in [0.4, 0.5) is 5.69 Å². The molecule has 0 spiro atoms. The predicted molar refractivity (Wildman–Crippen MR) is 116 cm³/mol. The summed E-state index contributed by atoms with van der Waals surface area (Å²) in [6.45, 7) is 2.03. The van der Waals surface area contributed by atoms with Crippen molar-refractivity contribution < 1.29 is 4.79 Å². The number of nitrogens with zero attached hydrogens (tertiary/aromatic N) is 3. The third kappa shape index (κ3) is 3.65. The minimum Gasteiger partial charge on any atom is -0.360 e. The van der Waals surface area contributed by atoms with Crippen LogP contribution in [0.15, 0.2) is 59.9 Å². The van der Waals surface area contributed by atoms with Crippen LogP contribution in [0.2, 0.25) is 0 Å². The maximum atomic E-state index is 12.4. The number of amides is 1. The van der Waals surface area contributed by atoms with Crippen molar-refractivity contribution in [1.29, 1.82) is 0 Å². The number of aromatic nitrogens is 4. The van der Waals surface area contributed by atoms with E-state index in [4.69, 9.17) is 0 Å². The van der Waals surface area contributed by atoms with E-state index in [0.29, 0.717) is 11.8 Å². The molecule has 29 heavy (non-hydrogen) atoms. The third-order valence-corrected chi connectivity index (χ3v) is 6.02. The van der Waals surface area contributed by atoms with Gasteiger partial charge in [-0.15, -0.1) is 10.2 Å². The second-order valence-electron chi connectivity index (χ2n) is 7.36. The molecule has 1 fully saturated rings. The van der Waals surface area contributed by atoms with Gasteiger partial charge < -0.3 is 10.3 Å². The highest BCUT2D eigenvalue weighted by Crippen LogP contribution is 2.42. The predicted octanol–water partition coefficient (Wildman–Crippen LogP) is 4.80. The van der Waals surface area contributed by atoms with E-state index >= 15 is 0 Å². The number of nitrogens with one attached hydrogen (secondary N) is 2. The van der Waals surface area contributed by atoms with E-state index in [1.807, 2.05) is 49.5 Å². The third-order valence-electron chi connectivity index (χ3n) is 5.07. The summed E-state index contributed by atoms with van der Waals surface area (Å²) in [6, 6.07) is 16.4. The zero-order valence-electron chi connectivity index (χ0n) is 16.1. The number of carbonyl (C=O) groups excluding carboxylic acids is 1. The molecule has 2 heterocycles. The minimum absolute atomic E-state index is 0.0437. The lowest BCUT2D eigenvalue weighted by atomic mass is 10.1. The molecule has 0 saturated heterocycles. The van der Waals surface area contributed by atoms with Gasteiger partial charge in [-0.3, -0.25) is 9.36 Å². The first kappa shape index (κ1) is 18.0. The number of hydrogen-bond donors (Lipinski definition) is 2. The summed E-state index contributed by atoms with van der Waals surface area (Å²) >= 11 is 1.44. The van der Waals surface area contributed by atoms with Crippen LogP contribution in [-0.2, 0) is 4.79 Å². The van der Waals surface area contributed by atoms with E-state index in [1.165, 1.54) is 17.3 Å². The molecule has 7 heteroatoms. The Balaban J connectivity index is 1.36. The highest BCUT2D eigenvalue weighted by atomic mass is 32.2. The van der Waals surface area contributed by atoms with Crippen LogP contribution in [0.25, 0.3) is 22.3 Å². The Morgan fingerprint density at radius 3 is 2.76 bits per heavy atom. The van der Waals surface area contributed by atoms with Gasteiger partial charge in [0.2, 0.25) is 5.91 Å².